The lowest BCUT2D eigenvalue weighted by molar-refractivity contribution is 0.0656. The highest BCUT2D eigenvalue weighted by atomic mass is 19.1. The van der Waals surface area contributed by atoms with Crippen molar-refractivity contribution in [3.8, 4) is 0 Å². The van der Waals surface area contributed by atoms with Crippen LogP contribution in [0.2, 0.25) is 0 Å². The first-order valence-corrected chi connectivity index (χ1v) is 5.48. The number of aromatic nitrogens is 2. The lowest BCUT2D eigenvalue weighted by Crippen LogP contribution is -2.41. The topological polar surface area (TPSA) is 85.1 Å². The van der Waals surface area contributed by atoms with Gasteiger partial charge in [-0.05, 0) is 19.8 Å². The molecule has 0 saturated carbocycles. The lowest BCUT2D eigenvalue weighted by atomic mass is 9.92. The molecular weight excluding hydrogens is 225 g/mol. The zero-order chi connectivity index (χ0) is 12.3. The molecule has 0 amide bonds. The van der Waals surface area contributed by atoms with Crippen molar-refractivity contribution >= 4 is 11.8 Å². The molecule has 0 aromatic carbocycles. The second kappa shape index (κ2) is 4.80. The molecule has 1 aliphatic heterocycles. The molecule has 0 spiro atoms. The summed E-state index contributed by atoms with van der Waals surface area (Å²) < 4.78 is 18.8. The van der Waals surface area contributed by atoms with Crippen molar-refractivity contribution in [3.63, 3.8) is 0 Å². The lowest BCUT2D eigenvalue weighted by Gasteiger charge is -2.34. The van der Waals surface area contributed by atoms with E-state index in [1.165, 1.54) is 0 Å². The molecule has 0 radical (unpaired) electrons. The van der Waals surface area contributed by atoms with E-state index in [1.54, 1.807) is 0 Å². The Hall–Kier alpha value is -1.47. The molecule has 2 rings (SSSR count). The molecule has 17 heavy (non-hydrogen) atoms. The van der Waals surface area contributed by atoms with Gasteiger partial charge in [0.15, 0.2) is 11.6 Å². The molecule has 6 nitrogen and oxygen atoms in total. The zero-order valence-corrected chi connectivity index (χ0v) is 9.66. The van der Waals surface area contributed by atoms with E-state index in [0.29, 0.717) is 13.2 Å². The molecule has 1 saturated heterocycles. The first-order valence-electron chi connectivity index (χ1n) is 5.48. The highest BCUT2D eigenvalue weighted by Gasteiger charge is 2.28. The van der Waals surface area contributed by atoms with Crippen LogP contribution in [-0.2, 0) is 4.74 Å². The van der Waals surface area contributed by atoms with Gasteiger partial charge in [-0.25, -0.2) is 15.2 Å². The number of nitrogens with one attached hydrogen (secondary N) is 2. The van der Waals surface area contributed by atoms with Gasteiger partial charge in [-0.3, -0.25) is 5.43 Å². The number of nitrogen functional groups attached to an aromatic ring is 1. The molecule has 1 aromatic rings. The smallest absolute Gasteiger partial charge is 0.239 e. The van der Waals surface area contributed by atoms with Crippen LogP contribution in [0.1, 0.15) is 19.8 Å². The maximum Gasteiger partial charge on any atom is 0.239 e. The van der Waals surface area contributed by atoms with Gasteiger partial charge < -0.3 is 10.1 Å². The summed E-state index contributed by atoms with van der Waals surface area (Å²) >= 11 is 0. The number of halogens is 1. The van der Waals surface area contributed by atoms with E-state index < -0.39 is 5.82 Å². The summed E-state index contributed by atoms with van der Waals surface area (Å²) in [5.74, 6) is 5.05. The molecule has 0 bridgehead atoms. The van der Waals surface area contributed by atoms with Crippen LogP contribution in [0.5, 0.6) is 0 Å². The van der Waals surface area contributed by atoms with Gasteiger partial charge in [-0.15, -0.1) is 0 Å². The van der Waals surface area contributed by atoms with Gasteiger partial charge >= 0.3 is 0 Å². The second-order valence-electron chi connectivity index (χ2n) is 4.33. The first-order chi connectivity index (χ1) is 8.13. The van der Waals surface area contributed by atoms with Crippen LogP contribution in [0.4, 0.5) is 16.2 Å². The summed E-state index contributed by atoms with van der Waals surface area (Å²) in [5, 5.41) is 3.10. The van der Waals surface area contributed by atoms with Gasteiger partial charge in [0.1, 0.15) is 0 Å². The Morgan fingerprint density at radius 2 is 2.18 bits per heavy atom. The molecule has 1 aromatic heterocycles. The summed E-state index contributed by atoms with van der Waals surface area (Å²) in [7, 11) is 0. The molecule has 94 valence electrons. The Morgan fingerprint density at radius 1 is 1.47 bits per heavy atom. The molecule has 4 N–H and O–H groups in total. The minimum absolute atomic E-state index is 0.164. The molecular formula is C10H16FN5O. The number of hydrazine groups is 1. The van der Waals surface area contributed by atoms with Crippen molar-refractivity contribution in [1.29, 1.82) is 0 Å². The van der Waals surface area contributed by atoms with E-state index in [9.17, 15) is 4.39 Å². The van der Waals surface area contributed by atoms with Crippen molar-refractivity contribution in [2.45, 2.75) is 25.3 Å². The summed E-state index contributed by atoms with van der Waals surface area (Å²) in [6.45, 7) is 3.35. The van der Waals surface area contributed by atoms with Crippen molar-refractivity contribution in [2.24, 2.45) is 5.84 Å². The maximum absolute atomic E-state index is 13.5. The average Bonchev–Trinajstić information content (AvgIpc) is 2.33. The highest BCUT2D eigenvalue weighted by Crippen LogP contribution is 2.25. The molecule has 2 heterocycles. The first kappa shape index (κ1) is 12.0. The van der Waals surface area contributed by atoms with Gasteiger partial charge in [-0.1, -0.05) is 0 Å². The minimum atomic E-state index is -0.489. The molecule has 1 fully saturated rings. The van der Waals surface area contributed by atoms with E-state index in [-0.39, 0.29) is 17.3 Å². The normalized spacial score (nSPS) is 18.8. The Morgan fingerprint density at radius 3 is 2.82 bits per heavy atom. The van der Waals surface area contributed by atoms with Crippen LogP contribution in [-0.4, -0.2) is 28.7 Å². The van der Waals surface area contributed by atoms with E-state index in [4.69, 9.17) is 10.6 Å². The summed E-state index contributed by atoms with van der Waals surface area (Å²) in [5.41, 5.74) is 2.08. The number of nitrogens with two attached hydrogens (primary N) is 1. The fourth-order valence-corrected chi connectivity index (χ4v) is 1.76. The van der Waals surface area contributed by atoms with Gasteiger partial charge in [0, 0.05) is 18.8 Å². The van der Waals surface area contributed by atoms with E-state index in [1.807, 2.05) is 6.92 Å². The highest BCUT2D eigenvalue weighted by molar-refractivity contribution is 5.42. The van der Waals surface area contributed by atoms with Gasteiger partial charge in [0.2, 0.25) is 5.95 Å². The second-order valence-corrected chi connectivity index (χ2v) is 4.33. The van der Waals surface area contributed by atoms with Crippen LogP contribution < -0.4 is 16.6 Å². The van der Waals surface area contributed by atoms with Gasteiger partial charge in [0.05, 0.1) is 6.20 Å². The Balaban J connectivity index is 2.16. The Bertz CT molecular complexity index is 394. The number of anilines is 2. The van der Waals surface area contributed by atoms with Crippen LogP contribution in [0, 0.1) is 5.82 Å². The number of rotatable bonds is 3. The zero-order valence-electron chi connectivity index (χ0n) is 9.66. The summed E-state index contributed by atoms with van der Waals surface area (Å²) in [6.07, 6.45) is 2.71. The van der Waals surface area contributed by atoms with E-state index >= 15 is 0 Å². The van der Waals surface area contributed by atoms with Crippen molar-refractivity contribution < 1.29 is 9.13 Å². The van der Waals surface area contributed by atoms with Gasteiger partial charge in [-0.2, -0.15) is 4.98 Å². The van der Waals surface area contributed by atoms with Crippen LogP contribution in [0.15, 0.2) is 6.20 Å². The van der Waals surface area contributed by atoms with E-state index in [0.717, 1.165) is 19.0 Å². The molecule has 0 unspecified atom stereocenters. The summed E-state index contributed by atoms with van der Waals surface area (Å²) in [4.78, 5) is 7.64. The van der Waals surface area contributed by atoms with Crippen LogP contribution in [0.25, 0.3) is 0 Å². The largest absolute Gasteiger partial charge is 0.381 e. The van der Waals surface area contributed by atoms with Crippen molar-refractivity contribution in [1.82, 2.24) is 9.97 Å². The van der Waals surface area contributed by atoms with Crippen LogP contribution >= 0.6 is 0 Å². The van der Waals surface area contributed by atoms with Crippen molar-refractivity contribution in [3.05, 3.63) is 12.0 Å². The van der Waals surface area contributed by atoms with Gasteiger partial charge in [0.25, 0.3) is 0 Å². The third-order valence-electron chi connectivity index (χ3n) is 2.89. The fourth-order valence-electron chi connectivity index (χ4n) is 1.76. The SMILES string of the molecule is CC1(Nc2nc(NN)ncc2F)CCOCC1. The summed E-state index contributed by atoms with van der Waals surface area (Å²) in [6, 6.07) is 0. The predicted molar refractivity (Wildman–Crippen MR) is 61.9 cm³/mol. The fraction of sp³-hybridized carbons (Fsp3) is 0.600. The number of nitrogens with zero attached hydrogens (tertiary/aromatic N) is 2. The van der Waals surface area contributed by atoms with E-state index in [2.05, 4.69) is 20.7 Å². The average molecular weight is 241 g/mol. The third-order valence-corrected chi connectivity index (χ3v) is 2.89. The minimum Gasteiger partial charge on any atom is -0.381 e. The third kappa shape index (κ3) is 2.80. The molecule has 7 heteroatoms. The predicted octanol–water partition coefficient (Wildman–Crippen LogP) is 0.882. The maximum atomic E-state index is 13.5. The number of ether oxygens (including phenoxy) is 1. The number of hydrogen-bond acceptors (Lipinski definition) is 6. The molecule has 1 aliphatic rings. The molecule has 0 aliphatic carbocycles. The standard InChI is InChI=1S/C10H16FN5O/c1-10(2-4-17-5-3-10)15-8-7(11)6-13-9(14-8)16-12/h6H,2-5,12H2,1H3,(H2,13,14,15,16). The Labute approximate surface area is 98.7 Å². The quantitative estimate of drug-likeness (QED) is 0.538. The van der Waals surface area contributed by atoms with Crippen molar-refractivity contribution in [2.75, 3.05) is 24.0 Å². The monoisotopic (exact) mass is 241 g/mol. The number of hydrogen-bond donors (Lipinski definition) is 3. The molecule has 0 atom stereocenters. The van der Waals surface area contributed by atoms with Crippen LogP contribution in [0.3, 0.4) is 0 Å². The Kier molecular flexibility index (Phi) is 3.39.